The summed E-state index contributed by atoms with van der Waals surface area (Å²) < 4.78 is 6.34. The molecule has 6 heteroatoms. The molecule has 0 bridgehead atoms. The maximum atomic E-state index is 11.2. The van der Waals surface area contributed by atoms with Crippen molar-refractivity contribution in [3.8, 4) is 0 Å². The summed E-state index contributed by atoms with van der Waals surface area (Å²) in [6.45, 7) is 1.68. The standard InChI is InChI=1S/C12H12N4O2/c1-9(12(17)18-2)4-3-5-16-8-15-10-6-13-7-14-11(10)16/h3-8H,1-2H3/b5-3+,9-4+. The summed E-state index contributed by atoms with van der Waals surface area (Å²) in [6, 6.07) is 0. The summed E-state index contributed by atoms with van der Waals surface area (Å²) in [6.07, 6.45) is 9.90. The van der Waals surface area contributed by atoms with Crippen molar-refractivity contribution in [1.29, 1.82) is 0 Å². The molecule has 2 heterocycles. The number of rotatable bonds is 3. The number of hydrogen-bond acceptors (Lipinski definition) is 5. The van der Waals surface area contributed by atoms with Gasteiger partial charge in [-0.05, 0) is 13.0 Å². The molecule has 0 unspecified atom stereocenters. The third kappa shape index (κ3) is 2.42. The molecule has 0 N–H and O–H groups in total. The Morgan fingerprint density at radius 2 is 2.28 bits per heavy atom. The number of ether oxygens (including phenoxy) is 1. The molecule has 0 fully saturated rings. The number of aromatic nitrogens is 4. The van der Waals surface area contributed by atoms with Gasteiger partial charge in [0.1, 0.15) is 18.2 Å². The summed E-state index contributed by atoms with van der Waals surface area (Å²) in [5, 5.41) is 0. The highest BCUT2D eigenvalue weighted by molar-refractivity contribution is 5.88. The number of imidazole rings is 1. The number of carbonyl (C=O) groups is 1. The zero-order chi connectivity index (χ0) is 13.0. The maximum absolute atomic E-state index is 11.2. The van der Waals surface area contributed by atoms with Gasteiger partial charge in [0.15, 0.2) is 5.65 Å². The Labute approximate surface area is 104 Å². The number of hydrogen-bond donors (Lipinski definition) is 0. The molecule has 0 aliphatic heterocycles. The molecule has 0 saturated heterocycles. The lowest BCUT2D eigenvalue weighted by molar-refractivity contribution is -0.136. The first-order valence-corrected chi connectivity index (χ1v) is 5.28. The van der Waals surface area contributed by atoms with E-state index in [0.29, 0.717) is 11.2 Å². The Balaban J connectivity index is 2.22. The fraction of sp³-hybridized carbons (Fsp3) is 0.167. The van der Waals surface area contributed by atoms with E-state index >= 15 is 0 Å². The van der Waals surface area contributed by atoms with E-state index in [0.717, 1.165) is 5.52 Å². The molecule has 2 aromatic rings. The minimum Gasteiger partial charge on any atom is -0.466 e. The van der Waals surface area contributed by atoms with E-state index in [-0.39, 0.29) is 5.97 Å². The Morgan fingerprint density at radius 3 is 3.06 bits per heavy atom. The van der Waals surface area contributed by atoms with Gasteiger partial charge in [0.05, 0.1) is 13.3 Å². The highest BCUT2D eigenvalue weighted by Crippen LogP contribution is 2.07. The van der Waals surface area contributed by atoms with Crippen LogP contribution in [0.5, 0.6) is 0 Å². The van der Waals surface area contributed by atoms with Crippen molar-refractivity contribution >= 4 is 23.3 Å². The topological polar surface area (TPSA) is 69.9 Å². The van der Waals surface area contributed by atoms with Gasteiger partial charge in [-0.15, -0.1) is 0 Å². The number of allylic oxidation sites excluding steroid dienone is 2. The van der Waals surface area contributed by atoms with Crippen molar-refractivity contribution in [2.45, 2.75) is 6.92 Å². The first kappa shape index (κ1) is 12.0. The van der Waals surface area contributed by atoms with E-state index in [1.165, 1.54) is 13.4 Å². The predicted molar refractivity (Wildman–Crippen MR) is 66.4 cm³/mol. The Bertz CT molecular complexity index is 628. The van der Waals surface area contributed by atoms with E-state index in [1.807, 2.05) is 0 Å². The molecule has 18 heavy (non-hydrogen) atoms. The zero-order valence-corrected chi connectivity index (χ0v) is 10.1. The van der Waals surface area contributed by atoms with Crippen LogP contribution in [0.2, 0.25) is 0 Å². The molecule has 6 nitrogen and oxygen atoms in total. The van der Waals surface area contributed by atoms with Crippen LogP contribution in [0.1, 0.15) is 6.92 Å². The molecule has 2 rings (SSSR count). The first-order valence-electron chi connectivity index (χ1n) is 5.28. The van der Waals surface area contributed by atoms with E-state index < -0.39 is 0 Å². The third-order valence-corrected chi connectivity index (χ3v) is 2.34. The predicted octanol–water partition coefficient (Wildman–Crippen LogP) is 1.42. The van der Waals surface area contributed by atoms with E-state index in [2.05, 4.69) is 19.7 Å². The van der Waals surface area contributed by atoms with Crippen LogP contribution in [0.25, 0.3) is 17.4 Å². The number of nitrogens with zero attached hydrogens (tertiary/aromatic N) is 4. The second-order valence-electron chi connectivity index (χ2n) is 3.57. The second kappa shape index (κ2) is 5.22. The minimum absolute atomic E-state index is 0.350. The highest BCUT2D eigenvalue weighted by atomic mass is 16.5. The normalized spacial score (nSPS) is 12.2. The van der Waals surface area contributed by atoms with Crippen molar-refractivity contribution < 1.29 is 9.53 Å². The van der Waals surface area contributed by atoms with Gasteiger partial charge >= 0.3 is 5.97 Å². The summed E-state index contributed by atoms with van der Waals surface area (Å²) in [7, 11) is 1.35. The number of fused-ring (bicyclic) bond motifs is 1. The van der Waals surface area contributed by atoms with Crippen LogP contribution in [0, 0.1) is 0 Å². The number of esters is 1. The number of methoxy groups -OCH3 is 1. The minimum atomic E-state index is -0.350. The van der Waals surface area contributed by atoms with Gasteiger partial charge in [0.25, 0.3) is 0 Å². The summed E-state index contributed by atoms with van der Waals surface area (Å²) in [4.78, 5) is 23.3. The Morgan fingerprint density at radius 1 is 1.44 bits per heavy atom. The lowest BCUT2D eigenvalue weighted by atomic mass is 10.3. The summed E-state index contributed by atoms with van der Waals surface area (Å²) in [5.74, 6) is -0.350. The molecule has 0 saturated carbocycles. The van der Waals surface area contributed by atoms with Crippen LogP contribution in [-0.4, -0.2) is 32.6 Å². The van der Waals surface area contributed by atoms with Crippen molar-refractivity contribution in [2.24, 2.45) is 0 Å². The van der Waals surface area contributed by atoms with Gasteiger partial charge in [-0.3, -0.25) is 4.57 Å². The Hall–Kier alpha value is -2.50. The van der Waals surface area contributed by atoms with Crippen molar-refractivity contribution in [3.63, 3.8) is 0 Å². The van der Waals surface area contributed by atoms with Gasteiger partial charge < -0.3 is 4.74 Å². The average Bonchev–Trinajstić information content (AvgIpc) is 2.81. The smallest absolute Gasteiger partial charge is 0.333 e. The van der Waals surface area contributed by atoms with Gasteiger partial charge in [-0.2, -0.15) is 0 Å². The zero-order valence-electron chi connectivity index (χ0n) is 10.1. The molecule has 0 aliphatic rings. The quantitative estimate of drug-likeness (QED) is 0.464. The van der Waals surface area contributed by atoms with Gasteiger partial charge in [0, 0.05) is 11.8 Å². The van der Waals surface area contributed by atoms with Crippen molar-refractivity contribution in [1.82, 2.24) is 19.5 Å². The molecule has 0 radical (unpaired) electrons. The summed E-state index contributed by atoms with van der Waals surface area (Å²) in [5.41, 5.74) is 1.95. The molecule has 0 aliphatic carbocycles. The lowest BCUT2D eigenvalue weighted by Gasteiger charge is -1.96. The van der Waals surface area contributed by atoms with Crippen LogP contribution < -0.4 is 0 Å². The highest BCUT2D eigenvalue weighted by Gasteiger charge is 2.01. The lowest BCUT2D eigenvalue weighted by Crippen LogP contribution is -2.00. The molecule has 0 spiro atoms. The molecular weight excluding hydrogens is 232 g/mol. The van der Waals surface area contributed by atoms with Gasteiger partial charge in [-0.1, -0.05) is 6.08 Å². The number of carbonyl (C=O) groups excluding carboxylic acids is 1. The largest absolute Gasteiger partial charge is 0.466 e. The summed E-state index contributed by atoms with van der Waals surface area (Å²) >= 11 is 0. The average molecular weight is 244 g/mol. The Kier molecular flexibility index (Phi) is 3.47. The molecule has 2 aromatic heterocycles. The molecule has 0 atom stereocenters. The van der Waals surface area contributed by atoms with Crippen LogP contribution >= 0.6 is 0 Å². The fourth-order valence-electron chi connectivity index (χ4n) is 1.40. The third-order valence-electron chi connectivity index (χ3n) is 2.34. The van der Waals surface area contributed by atoms with Crippen molar-refractivity contribution in [2.75, 3.05) is 7.11 Å². The van der Waals surface area contributed by atoms with Crippen molar-refractivity contribution in [3.05, 3.63) is 36.6 Å². The molecule has 92 valence electrons. The first-order chi connectivity index (χ1) is 8.72. The van der Waals surface area contributed by atoms with Crippen LogP contribution in [0.3, 0.4) is 0 Å². The van der Waals surface area contributed by atoms with E-state index in [4.69, 9.17) is 0 Å². The van der Waals surface area contributed by atoms with Gasteiger partial charge in [-0.25, -0.2) is 19.7 Å². The van der Waals surface area contributed by atoms with Crippen LogP contribution in [0.4, 0.5) is 0 Å². The SMILES string of the molecule is COC(=O)/C(C)=C/C=C/n1cnc2cncnc21. The monoisotopic (exact) mass is 244 g/mol. The maximum Gasteiger partial charge on any atom is 0.333 e. The molecule has 0 aromatic carbocycles. The molecular formula is C12H12N4O2. The molecule has 0 amide bonds. The van der Waals surface area contributed by atoms with E-state index in [1.54, 1.807) is 42.4 Å². The second-order valence-corrected chi connectivity index (χ2v) is 3.57. The van der Waals surface area contributed by atoms with E-state index in [9.17, 15) is 4.79 Å². The fourth-order valence-corrected chi connectivity index (χ4v) is 1.40. The van der Waals surface area contributed by atoms with Crippen LogP contribution in [0.15, 0.2) is 36.6 Å². The van der Waals surface area contributed by atoms with Gasteiger partial charge in [0.2, 0.25) is 0 Å². The van der Waals surface area contributed by atoms with Crippen LogP contribution in [-0.2, 0) is 9.53 Å².